The summed E-state index contributed by atoms with van der Waals surface area (Å²) < 4.78 is 19.6. The number of benzene rings is 1. The van der Waals surface area contributed by atoms with Gasteiger partial charge in [0.05, 0.1) is 45.6 Å². The van der Waals surface area contributed by atoms with Crippen LogP contribution in [0.4, 0.5) is 0 Å². The quantitative estimate of drug-likeness (QED) is 0.461. The molecule has 0 aromatic heterocycles. The zero-order valence-electron chi connectivity index (χ0n) is 19.1. The maximum atomic E-state index is 13.0. The molecule has 0 bridgehead atoms. The second-order valence-electron chi connectivity index (χ2n) is 7.01. The predicted molar refractivity (Wildman–Crippen MR) is 120 cm³/mol. The smallest absolute Gasteiger partial charge is 0.355 e. The Balaban J connectivity index is 2.33. The van der Waals surface area contributed by atoms with Crippen molar-refractivity contribution >= 4 is 30.0 Å². The number of esters is 4. The second-order valence-corrected chi connectivity index (χ2v) is 7.01. The molecule has 3 rings (SSSR count). The van der Waals surface area contributed by atoms with Crippen LogP contribution in [0, 0.1) is 0 Å². The summed E-state index contributed by atoms with van der Waals surface area (Å²) >= 11 is 0. The number of nitrogens with zero attached hydrogens (tertiary/aromatic N) is 1. The number of carbonyl (C=O) groups excluding carboxylic acids is 4. The van der Waals surface area contributed by atoms with Gasteiger partial charge in [-0.25, -0.2) is 19.2 Å². The van der Waals surface area contributed by atoms with Gasteiger partial charge in [-0.2, -0.15) is 0 Å². The van der Waals surface area contributed by atoms with Gasteiger partial charge in [0, 0.05) is 5.70 Å². The van der Waals surface area contributed by atoms with E-state index in [-0.39, 0.29) is 11.3 Å². The number of ether oxygens (including phenoxy) is 4. The molecule has 1 aromatic rings. The van der Waals surface area contributed by atoms with Gasteiger partial charge in [0.25, 0.3) is 0 Å². The van der Waals surface area contributed by atoms with E-state index in [4.69, 9.17) is 18.9 Å². The zero-order valence-corrected chi connectivity index (χ0v) is 19.1. The SMILES string of the molecule is COC(=O)C1=C(C(=O)OC)C2C=CC=C(/C=C\c3ccccc3)N2C(C(=O)OC)=C1C(=O)OC. The minimum absolute atomic E-state index is 0.183. The summed E-state index contributed by atoms with van der Waals surface area (Å²) in [6, 6.07) is 8.42. The van der Waals surface area contributed by atoms with Gasteiger partial charge in [0.1, 0.15) is 11.3 Å². The average molecular weight is 465 g/mol. The lowest BCUT2D eigenvalue weighted by Crippen LogP contribution is -2.46. The van der Waals surface area contributed by atoms with E-state index in [1.807, 2.05) is 30.3 Å². The van der Waals surface area contributed by atoms with Crippen LogP contribution in [-0.2, 0) is 38.1 Å². The van der Waals surface area contributed by atoms with Crippen LogP contribution in [0.3, 0.4) is 0 Å². The highest BCUT2D eigenvalue weighted by Gasteiger charge is 2.47. The Morgan fingerprint density at radius 1 is 0.765 bits per heavy atom. The Hall–Kier alpha value is -4.40. The lowest BCUT2D eigenvalue weighted by atomic mass is 9.85. The normalized spacial score (nSPS) is 17.2. The van der Waals surface area contributed by atoms with Crippen molar-refractivity contribution in [2.24, 2.45) is 0 Å². The molecular formula is C25H23NO8. The van der Waals surface area contributed by atoms with Crippen LogP contribution in [0.2, 0.25) is 0 Å². The topological polar surface area (TPSA) is 108 Å². The zero-order chi connectivity index (χ0) is 24.8. The maximum absolute atomic E-state index is 13.0. The van der Waals surface area contributed by atoms with Crippen LogP contribution in [-0.4, -0.2) is 63.3 Å². The van der Waals surface area contributed by atoms with Crippen molar-refractivity contribution in [1.82, 2.24) is 4.90 Å². The van der Waals surface area contributed by atoms with Crippen LogP contribution in [0.5, 0.6) is 0 Å². The van der Waals surface area contributed by atoms with Gasteiger partial charge in [-0.1, -0.05) is 48.6 Å². The fraction of sp³-hybridized carbons (Fsp3) is 0.200. The molecule has 0 amide bonds. The first-order chi connectivity index (χ1) is 16.4. The third-order valence-corrected chi connectivity index (χ3v) is 5.22. The summed E-state index contributed by atoms with van der Waals surface area (Å²) in [6.45, 7) is 0. The highest BCUT2D eigenvalue weighted by Crippen LogP contribution is 2.40. The van der Waals surface area contributed by atoms with Crippen molar-refractivity contribution in [3.05, 3.63) is 88.3 Å². The third-order valence-electron chi connectivity index (χ3n) is 5.22. The number of hydrogen-bond acceptors (Lipinski definition) is 9. The molecule has 2 aliphatic rings. The van der Waals surface area contributed by atoms with E-state index in [1.54, 1.807) is 30.4 Å². The van der Waals surface area contributed by atoms with Gasteiger partial charge in [0.2, 0.25) is 0 Å². The van der Waals surface area contributed by atoms with E-state index in [2.05, 4.69) is 0 Å². The van der Waals surface area contributed by atoms with Crippen LogP contribution in [0.1, 0.15) is 5.56 Å². The molecule has 1 unspecified atom stereocenters. The van der Waals surface area contributed by atoms with E-state index >= 15 is 0 Å². The molecule has 2 aliphatic heterocycles. The summed E-state index contributed by atoms with van der Waals surface area (Å²) in [5.74, 6) is -3.82. The summed E-state index contributed by atoms with van der Waals surface area (Å²) in [6.07, 6.45) is 8.45. The number of rotatable bonds is 6. The minimum Gasteiger partial charge on any atom is -0.466 e. The third kappa shape index (κ3) is 4.40. The Morgan fingerprint density at radius 2 is 1.35 bits per heavy atom. The summed E-state index contributed by atoms with van der Waals surface area (Å²) in [5.41, 5.74) is -0.0308. The molecular weight excluding hydrogens is 442 g/mol. The second kappa shape index (κ2) is 10.5. The molecule has 0 aliphatic carbocycles. The first-order valence-electron chi connectivity index (χ1n) is 10.1. The fourth-order valence-corrected chi connectivity index (χ4v) is 3.73. The number of hydrogen-bond donors (Lipinski definition) is 0. The maximum Gasteiger partial charge on any atom is 0.355 e. The first kappa shape index (κ1) is 24.2. The number of methoxy groups -OCH3 is 4. The molecule has 0 fully saturated rings. The van der Waals surface area contributed by atoms with E-state index in [0.717, 1.165) is 34.0 Å². The van der Waals surface area contributed by atoms with E-state index in [1.165, 1.54) is 4.90 Å². The molecule has 0 spiro atoms. The number of allylic oxidation sites excluding steroid dienone is 3. The molecule has 9 heteroatoms. The molecule has 34 heavy (non-hydrogen) atoms. The lowest BCUT2D eigenvalue weighted by Gasteiger charge is -2.40. The highest BCUT2D eigenvalue weighted by molar-refractivity contribution is 6.17. The Kier molecular flexibility index (Phi) is 7.47. The van der Waals surface area contributed by atoms with E-state index in [9.17, 15) is 19.2 Å². The van der Waals surface area contributed by atoms with Crippen molar-refractivity contribution in [2.75, 3.05) is 28.4 Å². The van der Waals surface area contributed by atoms with Gasteiger partial charge in [-0.15, -0.1) is 0 Å². The first-order valence-corrected chi connectivity index (χ1v) is 10.1. The van der Waals surface area contributed by atoms with Crippen LogP contribution >= 0.6 is 0 Å². The van der Waals surface area contributed by atoms with E-state index < -0.39 is 41.1 Å². The molecule has 0 radical (unpaired) electrons. The Morgan fingerprint density at radius 3 is 1.94 bits per heavy atom. The molecule has 1 atom stereocenters. The van der Waals surface area contributed by atoms with Crippen molar-refractivity contribution in [3.8, 4) is 0 Å². The van der Waals surface area contributed by atoms with Gasteiger partial charge in [0.15, 0.2) is 0 Å². The summed E-state index contributed by atoms with van der Waals surface area (Å²) in [5, 5.41) is 0. The predicted octanol–water partition coefficient (Wildman–Crippen LogP) is 2.08. The highest BCUT2D eigenvalue weighted by atomic mass is 16.5. The average Bonchev–Trinajstić information content (AvgIpc) is 2.89. The largest absolute Gasteiger partial charge is 0.466 e. The van der Waals surface area contributed by atoms with Gasteiger partial charge in [-0.05, 0) is 17.7 Å². The summed E-state index contributed by atoms with van der Waals surface area (Å²) in [7, 11) is 4.46. The molecule has 176 valence electrons. The minimum atomic E-state index is -1.03. The van der Waals surface area contributed by atoms with Crippen molar-refractivity contribution < 1.29 is 38.1 Å². The monoisotopic (exact) mass is 465 g/mol. The van der Waals surface area contributed by atoms with Crippen LogP contribution < -0.4 is 0 Å². The number of carbonyl (C=O) groups is 4. The number of fused-ring (bicyclic) bond motifs is 1. The molecule has 0 N–H and O–H groups in total. The van der Waals surface area contributed by atoms with E-state index in [0.29, 0.717) is 5.70 Å². The van der Waals surface area contributed by atoms with Crippen LogP contribution in [0.15, 0.2) is 82.7 Å². The van der Waals surface area contributed by atoms with Crippen LogP contribution in [0.25, 0.3) is 6.08 Å². The van der Waals surface area contributed by atoms with Crippen molar-refractivity contribution in [3.63, 3.8) is 0 Å². The van der Waals surface area contributed by atoms with Gasteiger partial charge < -0.3 is 23.8 Å². The Bertz CT molecular complexity index is 1170. The van der Waals surface area contributed by atoms with Crippen molar-refractivity contribution in [1.29, 1.82) is 0 Å². The molecule has 0 saturated heterocycles. The molecule has 9 nitrogen and oxygen atoms in total. The molecule has 1 aromatic carbocycles. The lowest BCUT2D eigenvalue weighted by molar-refractivity contribution is -0.143. The van der Waals surface area contributed by atoms with Gasteiger partial charge >= 0.3 is 23.9 Å². The summed E-state index contributed by atoms with van der Waals surface area (Å²) in [4.78, 5) is 53.0. The molecule has 2 heterocycles. The van der Waals surface area contributed by atoms with Crippen molar-refractivity contribution in [2.45, 2.75) is 6.04 Å². The Labute approximate surface area is 196 Å². The van der Waals surface area contributed by atoms with Gasteiger partial charge in [-0.3, -0.25) is 0 Å². The molecule has 0 saturated carbocycles. The standard InChI is InChI=1S/C25H23NO8/c1-31-22(27)18-17-12-8-11-16(14-13-15-9-6-5-7-10-15)26(17)21(25(30)34-4)20(24(29)33-3)19(18)23(28)32-2/h5-14,17H,1-4H3/b14-13-. The fourth-order valence-electron chi connectivity index (χ4n) is 3.73.